The van der Waals surface area contributed by atoms with Crippen molar-refractivity contribution in [2.45, 2.75) is 31.5 Å². The van der Waals surface area contributed by atoms with Gasteiger partial charge in [0.1, 0.15) is 6.54 Å². The molecule has 1 saturated heterocycles. The Morgan fingerprint density at radius 1 is 0.974 bits per heavy atom. The molecule has 1 atom stereocenters. The molecule has 1 aliphatic heterocycles. The lowest BCUT2D eigenvalue weighted by atomic mass is 9.74. The number of aliphatic hydroxyl groups excluding tert-OH is 1. The summed E-state index contributed by atoms with van der Waals surface area (Å²) in [5.74, 6) is -0.300. The summed E-state index contributed by atoms with van der Waals surface area (Å²) >= 11 is 0. The van der Waals surface area contributed by atoms with Crippen LogP contribution in [0.15, 0.2) is 109 Å². The van der Waals surface area contributed by atoms with Crippen LogP contribution < -0.4 is 0 Å². The third kappa shape index (κ3) is 5.19. The molecule has 0 bridgehead atoms. The highest BCUT2D eigenvalue weighted by Crippen LogP contribution is 2.44. The van der Waals surface area contributed by atoms with Crippen molar-refractivity contribution in [3.8, 4) is 0 Å². The third-order valence-corrected chi connectivity index (χ3v) is 7.13. The number of aliphatic hydroxyl groups is 1. The summed E-state index contributed by atoms with van der Waals surface area (Å²) in [6, 6.07) is 31.8. The van der Waals surface area contributed by atoms with Crippen molar-refractivity contribution in [3.05, 3.63) is 131 Å². The average molecular weight is 508 g/mol. The number of carbonyl (C=O) groups is 1. The minimum atomic E-state index is -0.568. The van der Waals surface area contributed by atoms with Gasteiger partial charge < -0.3 is 14.4 Å². The highest BCUT2D eigenvalue weighted by atomic mass is 16.5. The third-order valence-electron chi connectivity index (χ3n) is 7.13. The largest absolute Gasteiger partial charge is 0.465 e. The Bertz CT molecular complexity index is 1270. The molecule has 4 aromatic rings. The van der Waals surface area contributed by atoms with Gasteiger partial charge >= 0.3 is 5.97 Å². The first-order chi connectivity index (χ1) is 18.6. The van der Waals surface area contributed by atoms with Gasteiger partial charge in [-0.3, -0.25) is 9.69 Å². The van der Waals surface area contributed by atoms with E-state index in [0.29, 0.717) is 31.8 Å². The predicted molar refractivity (Wildman–Crippen MR) is 148 cm³/mol. The van der Waals surface area contributed by atoms with E-state index in [9.17, 15) is 9.90 Å². The fourth-order valence-corrected chi connectivity index (χ4v) is 5.47. The lowest BCUT2D eigenvalue weighted by Crippen LogP contribution is -2.52. The molecule has 1 fully saturated rings. The molecule has 194 valence electrons. The number of hydrogen-bond acceptors (Lipinski definition) is 5. The number of esters is 1. The highest BCUT2D eigenvalue weighted by molar-refractivity contribution is 5.69. The molecule has 0 radical (unpaired) electrons. The molecule has 0 amide bonds. The number of aromatic nitrogens is 2. The van der Waals surface area contributed by atoms with Gasteiger partial charge in [0, 0.05) is 19.3 Å². The summed E-state index contributed by atoms with van der Waals surface area (Å²) < 4.78 is 6.76. The van der Waals surface area contributed by atoms with Gasteiger partial charge in [-0.25, -0.2) is 4.98 Å². The van der Waals surface area contributed by atoms with E-state index < -0.39 is 11.6 Å². The maximum Gasteiger partial charge on any atom is 0.325 e. The molecule has 1 aliphatic rings. The fourth-order valence-electron chi connectivity index (χ4n) is 5.47. The number of nitrogens with zero attached hydrogens (tertiary/aromatic N) is 3. The minimum absolute atomic E-state index is 0.109. The van der Waals surface area contributed by atoms with E-state index in [-0.39, 0.29) is 12.5 Å². The van der Waals surface area contributed by atoms with Crippen molar-refractivity contribution >= 4 is 12.0 Å². The van der Waals surface area contributed by atoms with Crippen LogP contribution in [0.2, 0.25) is 0 Å². The number of piperidine rings is 1. The molecule has 0 saturated carbocycles. The van der Waals surface area contributed by atoms with Gasteiger partial charge in [-0.05, 0) is 41.7 Å². The Kier molecular flexibility index (Phi) is 7.82. The second-order valence-corrected chi connectivity index (χ2v) is 9.53. The lowest BCUT2D eigenvalue weighted by molar-refractivity contribution is -0.143. The van der Waals surface area contributed by atoms with Crippen molar-refractivity contribution in [1.82, 2.24) is 14.5 Å². The van der Waals surface area contributed by atoms with Crippen LogP contribution in [0.25, 0.3) is 6.08 Å². The van der Waals surface area contributed by atoms with Gasteiger partial charge in [0.15, 0.2) is 0 Å². The van der Waals surface area contributed by atoms with Crippen LogP contribution in [-0.2, 0) is 21.6 Å². The second-order valence-electron chi connectivity index (χ2n) is 9.53. The zero-order chi connectivity index (χ0) is 26.4. The number of rotatable bonds is 8. The molecule has 1 aromatic heterocycles. The first kappa shape index (κ1) is 25.6. The fraction of sp³-hybridized carbons (Fsp3) is 0.250. The molecule has 38 heavy (non-hydrogen) atoms. The predicted octanol–water partition coefficient (Wildman–Crippen LogP) is 4.89. The first-order valence-electron chi connectivity index (χ1n) is 13.1. The second kappa shape index (κ2) is 11.6. The maximum absolute atomic E-state index is 11.9. The van der Waals surface area contributed by atoms with Crippen molar-refractivity contribution in [3.63, 3.8) is 0 Å². The Hall–Kier alpha value is -4.00. The van der Waals surface area contributed by atoms with Crippen LogP contribution in [0.1, 0.15) is 35.7 Å². The smallest absolute Gasteiger partial charge is 0.325 e. The Labute approximate surface area is 223 Å². The first-order valence-corrected chi connectivity index (χ1v) is 13.1. The van der Waals surface area contributed by atoms with Gasteiger partial charge in [0.05, 0.1) is 30.3 Å². The summed E-state index contributed by atoms with van der Waals surface area (Å²) in [6.45, 7) is 3.52. The number of benzene rings is 3. The molecule has 1 N–H and O–H groups in total. The van der Waals surface area contributed by atoms with Crippen LogP contribution >= 0.6 is 0 Å². The molecule has 0 spiro atoms. The van der Waals surface area contributed by atoms with Crippen LogP contribution in [0.4, 0.5) is 0 Å². The molecule has 0 aliphatic carbocycles. The molecular formula is C32H33N3O3. The molecule has 2 heterocycles. The molecule has 5 rings (SSSR count). The van der Waals surface area contributed by atoms with Crippen molar-refractivity contribution < 1.29 is 14.6 Å². The van der Waals surface area contributed by atoms with Crippen molar-refractivity contribution in [1.29, 1.82) is 0 Å². The zero-order valence-electron chi connectivity index (χ0n) is 21.6. The summed E-state index contributed by atoms with van der Waals surface area (Å²) in [4.78, 5) is 18.8. The van der Waals surface area contributed by atoms with E-state index in [1.807, 2.05) is 30.5 Å². The molecular weight excluding hydrogens is 474 g/mol. The monoisotopic (exact) mass is 507 g/mol. The number of carbonyl (C=O) groups excluding carboxylic acids is 1. The van der Waals surface area contributed by atoms with Gasteiger partial charge in [-0.15, -0.1) is 0 Å². The van der Waals surface area contributed by atoms with E-state index in [2.05, 4.69) is 82.7 Å². The Morgan fingerprint density at radius 3 is 2.05 bits per heavy atom. The van der Waals surface area contributed by atoms with Gasteiger partial charge in [-0.1, -0.05) is 91.0 Å². The van der Waals surface area contributed by atoms with E-state index in [1.54, 1.807) is 17.8 Å². The number of likely N-dealkylation sites (tertiary alicyclic amines) is 1. The highest BCUT2D eigenvalue weighted by Gasteiger charge is 2.44. The van der Waals surface area contributed by atoms with Crippen LogP contribution in [0.5, 0.6) is 0 Å². The molecule has 3 aromatic carbocycles. The summed E-state index contributed by atoms with van der Waals surface area (Å²) in [7, 11) is 0. The van der Waals surface area contributed by atoms with Crippen LogP contribution in [-0.4, -0.2) is 51.3 Å². The van der Waals surface area contributed by atoms with Crippen LogP contribution in [0, 0.1) is 0 Å². The molecule has 6 heteroatoms. The number of imidazole rings is 1. The lowest BCUT2D eigenvalue weighted by Gasteiger charge is -2.48. The zero-order valence-corrected chi connectivity index (χ0v) is 21.6. The topological polar surface area (TPSA) is 67.6 Å². The Morgan fingerprint density at radius 2 is 1.53 bits per heavy atom. The normalized spacial score (nSPS) is 17.4. The minimum Gasteiger partial charge on any atom is -0.465 e. The van der Waals surface area contributed by atoms with E-state index in [0.717, 1.165) is 5.57 Å². The van der Waals surface area contributed by atoms with E-state index in [4.69, 9.17) is 4.74 Å². The van der Waals surface area contributed by atoms with Gasteiger partial charge in [0.25, 0.3) is 0 Å². The van der Waals surface area contributed by atoms with E-state index in [1.165, 1.54) is 16.7 Å². The quantitative estimate of drug-likeness (QED) is 0.272. The Balaban J connectivity index is 1.57. The summed E-state index contributed by atoms with van der Waals surface area (Å²) in [5, 5.41) is 11.0. The SMILES string of the molecule is CCOC(=O)Cn1cnc(/C=C2/CN(C(c3ccccc3)(c3ccccc3)c3ccccc3)CCC2O)c1. The van der Waals surface area contributed by atoms with Gasteiger partial charge in [-0.2, -0.15) is 0 Å². The summed E-state index contributed by atoms with van der Waals surface area (Å²) in [6.07, 6.45) is 5.42. The molecule has 1 unspecified atom stereocenters. The number of hydrogen-bond donors (Lipinski definition) is 1. The van der Waals surface area contributed by atoms with Gasteiger partial charge in [0.2, 0.25) is 0 Å². The van der Waals surface area contributed by atoms with Crippen molar-refractivity contribution in [2.75, 3.05) is 19.7 Å². The standard InChI is InChI=1S/C32H33N3O3/c1-2-38-31(37)23-34-22-29(33-24-34)20-25-21-35(19-18-30(25)36)32(26-12-6-3-7-13-26,27-14-8-4-9-15-27)28-16-10-5-11-17-28/h3-17,20,22,24,30,36H,2,18-19,21,23H2,1H3/b25-20-. The molecule has 6 nitrogen and oxygen atoms in total. The number of ether oxygens (including phenoxy) is 1. The van der Waals surface area contributed by atoms with Crippen LogP contribution in [0.3, 0.4) is 0 Å². The van der Waals surface area contributed by atoms with E-state index >= 15 is 0 Å². The maximum atomic E-state index is 11.9. The average Bonchev–Trinajstić information content (AvgIpc) is 3.39. The summed E-state index contributed by atoms with van der Waals surface area (Å²) in [5.41, 5.74) is 4.57. The van der Waals surface area contributed by atoms with Crippen molar-refractivity contribution in [2.24, 2.45) is 0 Å².